The van der Waals surface area contributed by atoms with Gasteiger partial charge in [-0.2, -0.15) is 0 Å². The van der Waals surface area contributed by atoms with Gasteiger partial charge in [-0.1, -0.05) is 23.2 Å². The molecule has 0 amide bonds. The zero-order valence-corrected chi connectivity index (χ0v) is 13.8. The van der Waals surface area contributed by atoms with Gasteiger partial charge < -0.3 is 14.2 Å². The van der Waals surface area contributed by atoms with Gasteiger partial charge in [-0.3, -0.25) is 0 Å². The number of hydrogen-bond acceptors (Lipinski definition) is 5. The number of hydrogen-bond donors (Lipinski definition) is 1. The van der Waals surface area contributed by atoms with Gasteiger partial charge in [0.1, 0.15) is 0 Å². The Balaban J connectivity index is 2.53. The molecule has 0 saturated carbocycles. The Kier molecular flexibility index (Phi) is 7.72. The Hall–Kier alpha value is -0.570. The number of halogens is 2. The molecule has 0 saturated heterocycles. The lowest BCUT2D eigenvalue weighted by atomic mass is 10.3. The summed E-state index contributed by atoms with van der Waals surface area (Å²) in [5, 5.41) is 5.19. The predicted molar refractivity (Wildman–Crippen MR) is 80.6 cm³/mol. The highest BCUT2D eigenvalue weighted by Gasteiger charge is 2.15. The molecule has 0 aromatic heterocycles. The van der Waals surface area contributed by atoms with E-state index in [-0.39, 0.29) is 20.7 Å². The van der Waals surface area contributed by atoms with Gasteiger partial charge in [0.2, 0.25) is 10.0 Å². The van der Waals surface area contributed by atoms with E-state index < -0.39 is 10.0 Å². The van der Waals surface area contributed by atoms with Crippen LogP contribution in [0.3, 0.4) is 0 Å². The van der Waals surface area contributed by atoms with Crippen LogP contribution in [-0.2, 0) is 19.5 Å². The molecule has 1 rings (SSSR count). The number of methoxy groups -OCH3 is 1. The van der Waals surface area contributed by atoms with Crippen molar-refractivity contribution in [2.75, 3.05) is 33.5 Å². The Morgan fingerprint density at radius 2 is 1.71 bits per heavy atom. The van der Waals surface area contributed by atoms with Crippen molar-refractivity contribution in [1.82, 2.24) is 0 Å². The van der Waals surface area contributed by atoms with E-state index in [1.807, 2.05) is 0 Å². The third kappa shape index (κ3) is 6.37. The van der Waals surface area contributed by atoms with Crippen LogP contribution >= 0.6 is 23.2 Å². The lowest BCUT2D eigenvalue weighted by molar-refractivity contribution is 0.0644. The van der Waals surface area contributed by atoms with Crippen molar-refractivity contribution in [2.24, 2.45) is 5.14 Å². The molecule has 2 N–H and O–H groups in total. The average molecular weight is 358 g/mol. The molecular weight excluding hydrogens is 341 g/mol. The number of ether oxygens (including phenoxy) is 3. The molecule has 0 aliphatic carbocycles. The van der Waals surface area contributed by atoms with E-state index in [1.165, 1.54) is 12.1 Å². The molecule has 1 aromatic rings. The fraction of sp³-hybridized carbons (Fsp3) is 0.500. The van der Waals surface area contributed by atoms with Crippen molar-refractivity contribution in [3.8, 4) is 5.75 Å². The monoisotopic (exact) mass is 357 g/mol. The minimum atomic E-state index is -3.86. The molecule has 0 fully saturated rings. The molecule has 21 heavy (non-hydrogen) atoms. The first-order valence-electron chi connectivity index (χ1n) is 6.07. The Morgan fingerprint density at radius 1 is 1.10 bits per heavy atom. The maximum absolute atomic E-state index is 11.2. The van der Waals surface area contributed by atoms with Gasteiger partial charge in [-0.25, -0.2) is 13.6 Å². The first-order chi connectivity index (χ1) is 9.86. The molecule has 0 aliphatic rings. The summed E-state index contributed by atoms with van der Waals surface area (Å²) in [5.74, 6) is 0.225. The van der Waals surface area contributed by atoms with Crippen LogP contribution in [0, 0.1) is 0 Å². The van der Waals surface area contributed by atoms with Gasteiger partial charge in [0.25, 0.3) is 0 Å². The molecule has 6 nitrogen and oxygen atoms in total. The molecule has 9 heteroatoms. The second kappa shape index (κ2) is 8.77. The van der Waals surface area contributed by atoms with Gasteiger partial charge in [0.15, 0.2) is 5.75 Å². The molecule has 0 spiro atoms. The Morgan fingerprint density at radius 3 is 2.24 bits per heavy atom. The quantitative estimate of drug-likeness (QED) is 0.683. The van der Waals surface area contributed by atoms with E-state index in [0.29, 0.717) is 32.8 Å². The van der Waals surface area contributed by atoms with Crippen LogP contribution < -0.4 is 9.88 Å². The standard InChI is InChI=1S/C12H17Cl2NO5S/c1-18-5-6-19-3-2-4-20-12-10(13)7-9(8-11(12)14)21(15,16)17/h7-8H,2-6H2,1H3,(H2,15,16,17). The average Bonchev–Trinajstić information content (AvgIpc) is 2.39. The molecular formula is C12H17Cl2NO5S. The van der Waals surface area contributed by atoms with Crippen LogP contribution in [0.25, 0.3) is 0 Å². The highest BCUT2D eigenvalue weighted by molar-refractivity contribution is 7.89. The molecule has 0 unspecified atom stereocenters. The number of sulfonamides is 1. The smallest absolute Gasteiger partial charge is 0.238 e. The summed E-state index contributed by atoms with van der Waals surface area (Å²) in [5.41, 5.74) is 0. The van der Waals surface area contributed by atoms with Crippen LogP contribution in [0.5, 0.6) is 5.75 Å². The zero-order valence-electron chi connectivity index (χ0n) is 11.5. The first-order valence-corrected chi connectivity index (χ1v) is 8.38. The Bertz CT molecular complexity index is 542. The van der Waals surface area contributed by atoms with E-state index in [1.54, 1.807) is 7.11 Å². The minimum absolute atomic E-state index is 0.0897. The van der Waals surface area contributed by atoms with Crippen molar-refractivity contribution in [1.29, 1.82) is 0 Å². The zero-order chi connectivity index (χ0) is 15.9. The first kappa shape index (κ1) is 18.5. The SMILES string of the molecule is COCCOCCCOc1c(Cl)cc(S(N)(=O)=O)cc1Cl. The molecule has 0 bridgehead atoms. The van der Waals surface area contributed by atoms with Crippen molar-refractivity contribution in [3.05, 3.63) is 22.2 Å². The van der Waals surface area contributed by atoms with Crippen molar-refractivity contribution in [2.45, 2.75) is 11.3 Å². The van der Waals surface area contributed by atoms with Gasteiger partial charge in [-0.15, -0.1) is 0 Å². The maximum Gasteiger partial charge on any atom is 0.238 e. The second-order valence-electron chi connectivity index (χ2n) is 4.07. The highest BCUT2D eigenvalue weighted by atomic mass is 35.5. The number of rotatable bonds is 9. The summed E-state index contributed by atoms with van der Waals surface area (Å²) in [7, 11) is -2.26. The largest absolute Gasteiger partial charge is 0.490 e. The van der Waals surface area contributed by atoms with E-state index in [4.69, 9.17) is 42.6 Å². The third-order valence-corrected chi connectivity index (χ3v) is 3.87. The Labute approximate surface area is 134 Å². The second-order valence-corrected chi connectivity index (χ2v) is 6.44. The fourth-order valence-electron chi connectivity index (χ4n) is 1.42. The summed E-state index contributed by atoms with van der Waals surface area (Å²) in [6.07, 6.45) is 0.632. The highest BCUT2D eigenvalue weighted by Crippen LogP contribution is 2.35. The summed E-state index contributed by atoms with van der Waals surface area (Å²) in [6, 6.07) is 2.40. The van der Waals surface area contributed by atoms with E-state index in [9.17, 15) is 8.42 Å². The topological polar surface area (TPSA) is 87.8 Å². The van der Waals surface area contributed by atoms with Crippen molar-refractivity contribution < 1.29 is 22.6 Å². The van der Waals surface area contributed by atoms with Crippen LogP contribution in [-0.4, -0.2) is 42.0 Å². The summed E-state index contributed by atoms with van der Waals surface area (Å²) in [4.78, 5) is -0.159. The maximum atomic E-state index is 11.2. The summed E-state index contributed by atoms with van der Waals surface area (Å²) >= 11 is 11.9. The van der Waals surface area contributed by atoms with Crippen molar-refractivity contribution in [3.63, 3.8) is 0 Å². The van der Waals surface area contributed by atoms with Crippen LogP contribution in [0.15, 0.2) is 17.0 Å². The summed E-state index contributed by atoms with van der Waals surface area (Å²) < 4.78 is 38.0. The molecule has 120 valence electrons. The van der Waals surface area contributed by atoms with Gasteiger partial charge >= 0.3 is 0 Å². The molecule has 0 radical (unpaired) electrons. The normalized spacial score (nSPS) is 11.6. The molecule has 0 aliphatic heterocycles. The fourth-order valence-corrected chi connectivity index (χ4v) is 2.71. The lowest BCUT2D eigenvalue weighted by Gasteiger charge is -2.11. The molecule has 1 aromatic carbocycles. The van der Waals surface area contributed by atoms with E-state index in [0.717, 1.165) is 0 Å². The molecule has 0 heterocycles. The predicted octanol–water partition coefficient (Wildman–Crippen LogP) is 2.07. The van der Waals surface area contributed by atoms with Crippen LogP contribution in [0.1, 0.15) is 6.42 Å². The molecule has 0 atom stereocenters. The van der Waals surface area contributed by atoms with Gasteiger partial charge in [0, 0.05) is 20.1 Å². The van der Waals surface area contributed by atoms with Crippen molar-refractivity contribution >= 4 is 33.2 Å². The minimum Gasteiger partial charge on any atom is -0.490 e. The van der Waals surface area contributed by atoms with Crippen LogP contribution in [0.2, 0.25) is 10.0 Å². The van der Waals surface area contributed by atoms with E-state index >= 15 is 0 Å². The van der Waals surface area contributed by atoms with Gasteiger partial charge in [-0.05, 0) is 12.1 Å². The van der Waals surface area contributed by atoms with E-state index in [2.05, 4.69) is 0 Å². The number of primary sulfonamides is 1. The van der Waals surface area contributed by atoms with Crippen LogP contribution in [0.4, 0.5) is 0 Å². The summed E-state index contributed by atoms with van der Waals surface area (Å²) in [6.45, 7) is 1.89. The lowest BCUT2D eigenvalue weighted by Crippen LogP contribution is -2.12. The number of benzene rings is 1. The third-order valence-electron chi connectivity index (χ3n) is 2.41. The van der Waals surface area contributed by atoms with Gasteiger partial charge in [0.05, 0.1) is 34.8 Å². The number of nitrogens with two attached hydrogens (primary N) is 1.